The zero-order valence-corrected chi connectivity index (χ0v) is 16.6. The van der Waals surface area contributed by atoms with Gasteiger partial charge < -0.3 is 4.90 Å². The second kappa shape index (κ2) is 8.13. The van der Waals surface area contributed by atoms with Crippen molar-refractivity contribution in [3.63, 3.8) is 0 Å². The van der Waals surface area contributed by atoms with Gasteiger partial charge in [-0.05, 0) is 34.0 Å². The van der Waals surface area contributed by atoms with Crippen LogP contribution in [0.1, 0.15) is 27.9 Å². The van der Waals surface area contributed by atoms with Gasteiger partial charge in [0.2, 0.25) is 0 Å². The van der Waals surface area contributed by atoms with Gasteiger partial charge >= 0.3 is 0 Å². The zero-order valence-electron chi connectivity index (χ0n) is 15.8. The van der Waals surface area contributed by atoms with Crippen molar-refractivity contribution in [1.29, 1.82) is 0 Å². The fraction of sp³-hybridized carbons (Fsp3) is 0.238. The number of ketones is 1. The van der Waals surface area contributed by atoms with E-state index in [9.17, 15) is 9.18 Å². The molecule has 3 aromatic rings. The Kier molecular flexibility index (Phi) is 5.40. The van der Waals surface area contributed by atoms with Crippen LogP contribution in [0, 0.1) is 5.82 Å². The summed E-state index contributed by atoms with van der Waals surface area (Å²) in [6.07, 6.45) is 0.840. The predicted molar refractivity (Wildman–Crippen MR) is 109 cm³/mol. The van der Waals surface area contributed by atoms with Crippen LogP contribution >= 0.6 is 11.6 Å². The summed E-state index contributed by atoms with van der Waals surface area (Å²) in [4.78, 5) is 15.8. The standard InChI is InChI=1S/C21H19ClFN5O/c1-27-25-21(24-26-27)28-11-10-18(22)17(13-28)15-8-6-14(7-9-15)12-20(29)16-4-2-3-5-19(16)23/h2-9H,10-13H2,1H3. The highest BCUT2D eigenvalue weighted by Crippen LogP contribution is 2.30. The molecule has 0 N–H and O–H groups in total. The maximum atomic E-state index is 13.8. The third-order valence-electron chi connectivity index (χ3n) is 4.90. The number of tetrazole rings is 1. The lowest BCUT2D eigenvalue weighted by molar-refractivity contribution is 0.0989. The van der Waals surface area contributed by atoms with Crippen molar-refractivity contribution in [2.24, 2.45) is 7.05 Å². The number of aryl methyl sites for hydroxylation is 1. The van der Waals surface area contributed by atoms with E-state index < -0.39 is 5.82 Å². The van der Waals surface area contributed by atoms with Gasteiger partial charge in [0.25, 0.3) is 5.95 Å². The first-order valence-corrected chi connectivity index (χ1v) is 9.62. The minimum atomic E-state index is -0.494. The first kappa shape index (κ1) is 19.3. The molecular formula is C21H19ClFN5O. The summed E-state index contributed by atoms with van der Waals surface area (Å²) in [6, 6.07) is 13.7. The molecule has 0 aliphatic carbocycles. The number of rotatable bonds is 5. The molecule has 1 aliphatic heterocycles. The first-order chi connectivity index (χ1) is 14.0. The third-order valence-corrected chi connectivity index (χ3v) is 5.32. The summed E-state index contributed by atoms with van der Waals surface area (Å²) in [6.45, 7) is 1.31. The number of carbonyl (C=O) groups excluding carboxylic acids is 1. The lowest BCUT2D eigenvalue weighted by atomic mass is 9.97. The van der Waals surface area contributed by atoms with E-state index in [0.717, 1.165) is 28.3 Å². The molecule has 0 bridgehead atoms. The molecule has 148 valence electrons. The Morgan fingerprint density at radius 3 is 2.62 bits per heavy atom. The molecule has 2 heterocycles. The van der Waals surface area contributed by atoms with Gasteiger partial charge in [-0.2, -0.15) is 4.80 Å². The highest BCUT2D eigenvalue weighted by molar-refractivity contribution is 6.33. The molecule has 0 atom stereocenters. The van der Waals surface area contributed by atoms with E-state index in [4.69, 9.17) is 11.6 Å². The number of aromatic nitrogens is 4. The van der Waals surface area contributed by atoms with Crippen LogP contribution in [0.15, 0.2) is 53.6 Å². The van der Waals surface area contributed by atoms with Crippen LogP contribution in [0.4, 0.5) is 10.3 Å². The number of benzene rings is 2. The molecule has 0 spiro atoms. The van der Waals surface area contributed by atoms with Crippen LogP contribution in [0.2, 0.25) is 0 Å². The van der Waals surface area contributed by atoms with E-state index in [1.54, 1.807) is 19.2 Å². The van der Waals surface area contributed by atoms with Gasteiger partial charge in [0.1, 0.15) is 5.82 Å². The predicted octanol–water partition coefficient (Wildman–Crippen LogP) is 3.63. The SMILES string of the molecule is Cn1nnc(N2CCC(Cl)=C(c3ccc(CC(=O)c4ccccc4F)cc3)C2)n1. The molecule has 0 saturated carbocycles. The summed E-state index contributed by atoms with van der Waals surface area (Å²) in [5.74, 6) is -0.169. The fourth-order valence-corrected chi connectivity index (χ4v) is 3.60. The maximum Gasteiger partial charge on any atom is 0.266 e. The summed E-state index contributed by atoms with van der Waals surface area (Å²) in [7, 11) is 1.73. The number of halogens is 2. The topological polar surface area (TPSA) is 63.9 Å². The molecule has 1 aromatic heterocycles. The van der Waals surface area contributed by atoms with Gasteiger partial charge in [-0.25, -0.2) is 4.39 Å². The first-order valence-electron chi connectivity index (χ1n) is 9.25. The Labute approximate surface area is 172 Å². The molecule has 0 fully saturated rings. The van der Waals surface area contributed by atoms with Crippen molar-refractivity contribution in [2.75, 3.05) is 18.0 Å². The molecule has 0 saturated heterocycles. The second-order valence-corrected chi connectivity index (χ2v) is 7.37. The van der Waals surface area contributed by atoms with Crippen LogP contribution in [0.5, 0.6) is 0 Å². The average Bonchev–Trinajstić information content (AvgIpc) is 3.16. The molecule has 8 heteroatoms. The molecule has 29 heavy (non-hydrogen) atoms. The van der Waals surface area contributed by atoms with Gasteiger partial charge in [-0.1, -0.05) is 53.1 Å². The Morgan fingerprint density at radius 2 is 1.93 bits per heavy atom. The largest absolute Gasteiger partial charge is 0.333 e. The van der Waals surface area contributed by atoms with E-state index in [1.807, 2.05) is 29.2 Å². The number of Topliss-reactive ketones (excluding diaryl/α,β-unsaturated/α-hetero) is 1. The zero-order chi connectivity index (χ0) is 20.4. The minimum Gasteiger partial charge on any atom is -0.333 e. The summed E-state index contributed by atoms with van der Waals surface area (Å²) in [5.41, 5.74) is 2.91. The van der Waals surface area contributed by atoms with Crippen molar-refractivity contribution in [2.45, 2.75) is 12.8 Å². The van der Waals surface area contributed by atoms with E-state index in [2.05, 4.69) is 15.4 Å². The molecule has 2 aromatic carbocycles. The van der Waals surface area contributed by atoms with E-state index in [1.165, 1.54) is 16.9 Å². The van der Waals surface area contributed by atoms with Gasteiger partial charge in [-0.15, -0.1) is 5.10 Å². The Bertz CT molecular complexity index is 1080. The third kappa shape index (κ3) is 4.19. The average molecular weight is 412 g/mol. The smallest absolute Gasteiger partial charge is 0.266 e. The number of carbonyl (C=O) groups is 1. The van der Waals surface area contributed by atoms with Gasteiger partial charge in [-0.3, -0.25) is 4.79 Å². The Morgan fingerprint density at radius 1 is 1.17 bits per heavy atom. The van der Waals surface area contributed by atoms with Crippen LogP contribution in [0.3, 0.4) is 0 Å². The van der Waals surface area contributed by atoms with E-state index in [-0.39, 0.29) is 17.8 Å². The van der Waals surface area contributed by atoms with Crippen molar-refractivity contribution in [3.8, 4) is 0 Å². The van der Waals surface area contributed by atoms with Gasteiger partial charge in [0.15, 0.2) is 5.78 Å². The summed E-state index contributed by atoms with van der Waals surface area (Å²) in [5, 5.41) is 13.0. The normalized spacial score (nSPS) is 14.4. The van der Waals surface area contributed by atoms with Gasteiger partial charge in [0, 0.05) is 31.0 Å². The van der Waals surface area contributed by atoms with Crippen LogP contribution in [0.25, 0.3) is 5.57 Å². The summed E-state index contributed by atoms with van der Waals surface area (Å²) < 4.78 is 13.8. The van der Waals surface area contributed by atoms with Crippen LogP contribution in [-0.4, -0.2) is 39.1 Å². The lowest BCUT2D eigenvalue weighted by Gasteiger charge is -2.28. The highest BCUT2D eigenvalue weighted by Gasteiger charge is 2.22. The molecule has 1 aliphatic rings. The number of hydrogen-bond acceptors (Lipinski definition) is 5. The second-order valence-electron chi connectivity index (χ2n) is 6.91. The Balaban J connectivity index is 1.49. The molecule has 6 nitrogen and oxygen atoms in total. The number of anilines is 1. The quantitative estimate of drug-likeness (QED) is 0.600. The molecule has 4 rings (SSSR count). The van der Waals surface area contributed by atoms with Crippen molar-refractivity contribution < 1.29 is 9.18 Å². The van der Waals surface area contributed by atoms with Gasteiger partial charge in [0.05, 0.1) is 12.6 Å². The van der Waals surface area contributed by atoms with Crippen molar-refractivity contribution in [1.82, 2.24) is 20.2 Å². The van der Waals surface area contributed by atoms with Crippen LogP contribution in [-0.2, 0) is 13.5 Å². The minimum absolute atomic E-state index is 0.113. The fourth-order valence-electron chi connectivity index (χ4n) is 3.35. The van der Waals surface area contributed by atoms with Crippen molar-refractivity contribution in [3.05, 3.63) is 76.1 Å². The molecule has 0 unspecified atom stereocenters. The Hall–Kier alpha value is -3.06. The highest BCUT2D eigenvalue weighted by atomic mass is 35.5. The monoisotopic (exact) mass is 411 g/mol. The van der Waals surface area contributed by atoms with E-state index >= 15 is 0 Å². The number of nitrogens with zero attached hydrogens (tertiary/aromatic N) is 5. The summed E-state index contributed by atoms with van der Waals surface area (Å²) >= 11 is 6.49. The maximum absolute atomic E-state index is 13.8. The van der Waals surface area contributed by atoms with E-state index in [0.29, 0.717) is 18.9 Å². The molecule has 0 amide bonds. The number of hydrogen-bond donors (Lipinski definition) is 0. The van der Waals surface area contributed by atoms with Crippen molar-refractivity contribution >= 4 is 28.9 Å². The molecular weight excluding hydrogens is 393 g/mol. The lowest BCUT2D eigenvalue weighted by Crippen LogP contribution is -2.31. The molecule has 0 radical (unpaired) electrons. The van der Waals surface area contributed by atoms with Crippen LogP contribution < -0.4 is 4.90 Å².